The van der Waals surface area contributed by atoms with Crippen molar-refractivity contribution in [3.8, 4) is 0 Å². The van der Waals surface area contributed by atoms with Crippen LogP contribution in [0.4, 0.5) is 5.69 Å². The highest BCUT2D eigenvalue weighted by molar-refractivity contribution is 7.98. The van der Waals surface area contributed by atoms with Crippen LogP contribution in [-0.2, 0) is 0 Å². The van der Waals surface area contributed by atoms with Gasteiger partial charge in [-0.3, -0.25) is 14.9 Å². The van der Waals surface area contributed by atoms with Crippen molar-refractivity contribution in [3.05, 3.63) is 33.9 Å². The number of carbonyl (C=O) groups excluding carboxylic acids is 1. The first-order valence-corrected chi connectivity index (χ1v) is 6.47. The predicted molar refractivity (Wildman–Crippen MR) is 65.4 cm³/mol. The summed E-state index contributed by atoms with van der Waals surface area (Å²) in [5.74, 6) is -0.233. The molecule has 1 saturated carbocycles. The lowest BCUT2D eigenvalue weighted by Crippen LogP contribution is -2.25. The van der Waals surface area contributed by atoms with Crippen LogP contribution in [0.25, 0.3) is 0 Å². The molecule has 0 bridgehead atoms. The van der Waals surface area contributed by atoms with E-state index in [1.54, 1.807) is 18.4 Å². The second-order valence-electron chi connectivity index (χ2n) is 3.89. The van der Waals surface area contributed by atoms with Crippen LogP contribution in [0.3, 0.4) is 0 Å². The summed E-state index contributed by atoms with van der Waals surface area (Å²) in [4.78, 5) is 22.7. The van der Waals surface area contributed by atoms with E-state index in [0.717, 1.165) is 12.8 Å². The molecule has 2 rings (SSSR count). The minimum Gasteiger partial charge on any atom is -0.349 e. The van der Waals surface area contributed by atoms with Gasteiger partial charge in [-0.05, 0) is 31.2 Å². The smallest absolute Gasteiger partial charge is 0.283 e. The summed E-state index contributed by atoms with van der Waals surface area (Å²) in [6.45, 7) is 0. The first kappa shape index (κ1) is 11.9. The summed E-state index contributed by atoms with van der Waals surface area (Å²) >= 11 is 1.30. The summed E-state index contributed by atoms with van der Waals surface area (Å²) < 4.78 is 0. The van der Waals surface area contributed by atoms with E-state index in [-0.39, 0.29) is 17.6 Å². The monoisotopic (exact) mass is 252 g/mol. The quantitative estimate of drug-likeness (QED) is 0.506. The lowest BCUT2D eigenvalue weighted by Gasteiger charge is -2.04. The van der Waals surface area contributed by atoms with Gasteiger partial charge in [-0.25, -0.2) is 0 Å². The Bertz CT molecular complexity index is 472. The van der Waals surface area contributed by atoms with Crippen LogP contribution < -0.4 is 5.32 Å². The van der Waals surface area contributed by atoms with Gasteiger partial charge in [-0.1, -0.05) is 0 Å². The molecule has 0 spiro atoms. The van der Waals surface area contributed by atoms with Gasteiger partial charge in [0.1, 0.15) is 0 Å². The Morgan fingerprint density at radius 1 is 1.53 bits per heavy atom. The van der Waals surface area contributed by atoms with Gasteiger partial charge in [0.05, 0.1) is 9.82 Å². The van der Waals surface area contributed by atoms with Gasteiger partial charge in [0.25, 0.3) is 11.6 Å². The number of nitrogens with one attached hydrogen (secondary N) is 1. The number of nitrogens with zero attached hydrogens (tertiary/aromatic N) is 1. The van der Waals surface area contributed by atoms with Crippen LogP contribution in [0.5, 0.6) is 0 Å². The highest BCUT2D eigenvalue weighted by Crippen LogP contribution is 2.28. The largest absolute Gasteiger partial charge is 0.349 e. The van der Waals surface area contributed by atoms with Crippen molar-refractivity contribution in [2.45, 2.75) is 23.8 Å². The number of hydrogen-bond donors (Lipinski definition) is 1. The third-order valence-corrected chi connectivity index (χ3v) is 3.34. The molecule has 1 fully saturated rings. The van der Waals surface area contributed by atoms with E-state index >= 15 is 0 Å². The van der Waals surface area contributed by atoms with Crippen molar-refractivity contribution in [1.29, 1.82) is 0 Å². The molecule has 1 aromatic carbocycles. The van der Waals surface area contributed by atoms with Crippen LogP contribution in [0.1, 0.15) is 23.2 Å². The maximum absolute atomic E-state index is 11.7. The highest BCUT2D eigenvalue weighted by atomic mass is 32.2. The highest BCUT2D eigenvalue weighted by Gasteiger charge is 2.25. The van der Waals surface area contributed by atoms with E-state index in [9.17, 15) is 14.9 Å². The van der Waals surface area contributed by atoms with Crippen LogP contribution in [0, 0.1) is 10.1 Å². The number of benzene rings is 1. The van der Waals surface area contributed by atoms with E-state index in [1.165, 1.54) is 17.8 Å². The Balaban J connectivity index is 2.25. The second-order valence-corrected chi connectivity index (χ2v) is 4.74. The average molecular weight is 252 g/mol. The van der Waals surface area contributed by atoms with Crippen LogP contribution >= 0.6 is 11.8 Å². The van der Waals surface area contributed by atoms with E-state index < -0.39 is 4.92 Å². The SMILES string of the molecule is CSc1ccc(C(=O)NC2CC2)cc1[N+](=O)[O-]. The second kappa shape index (κ2) is 4.75. The van der Waals surface area contributed by atoms with Crippen molar-refractivity contribution in [2.75, 3.05) is 6.26 Å². The minimum absolute atomic E-state index is 0.0130. The van der Waals surface area contributed by atoms with Crippen molar-refractivity contribution < 1.29 is 9.72 Å². The fraction of sp³-hybridized carbons (Fsp3) is 0.364. The summed E-state index contributed by atoms with van der Waals surface area (Å²) in [7, 11) is 0. The van der Waals surface area contributed by atoms with E-state index in [4.69, 9.17) is 0 Å². The molecule has 90 valence electrons. The van der Waals surface area contributed by atoms with Crippen molar-refractivity contribution >= 4 is 23.4 Å². The molecule has 0 saturated heterocycles. The molecular weight excluding hydrogens is 240 g/mol. The zero-order valence-corrected chi connectivity index (χ0v) is 10.1. The number of rotatable bonds is 4. The van der Waals surface area contributed by atoms with Gasteiger partial charge < -0.3 is 5.32 Å². The molecule has 17 heavy (non-hydrogen) atoms. The maximum atomic E-state index is 11.7. The number of hydrogen-bond acceptors (Lipinski definition) is 4. The molecule has 0 radical (unpaired) electrons. The third-order valence-electron chi connectivity index (χ3n) is 2.55. The third kappa shape index (κ3) is 2.76. The molecular formula is C11H12N2O3S. The zero-order chi connectivity index (χ0) is 12.4. The first-order chi connectivity index (χ1) is 8.11. The lowest BCUT2D eigenvalue weighted by atomic mass is 10.2. The van der Waals surface area contributed by atoms with Gasteiger partial charge >= 0.3 is 0 Å². The summed E-state index contributed by atoms with van der Waals surface area (Å²) in [6.07, 6.45) is 3.76. The van der Waals surface area contributed by atoms with E-state index in [0.29, 0.717) is 10.5 Å². The maximum Gasteiger partial charge on any atom is 0.283 e. The topological polar surface area (TPSA) is 72.2 Å². The van der Waals surface area contributed by atoms with Gasteiger partial charge in [0.2, 0.25) is 0 Å². The molecule has 1 aliphatic rings. The molecule has 0 unspecified atom stereocenters. The molecule has 0 heterocycles. The average Bonchev–Trinajstić information content (AvgIpc) is 3.11. The Morgan fingerprint density at radius 2 is 2.24 bits per heavy atom. The van der Waals surface area contributed by atoms with Crippen molar-refractivity contribution in [3.63, 3.8) is 0 Å². The van der Waals surface area contributed by atoms with Crippen molar-refractivity contribution in [2.24, 2.45) is 0 Å². The lowest BCUT2D eigenvalue weighted by molar-refractivity contribution is -0.387. The predicted octanol–water partition coefficient (Wildman–Crippen LogP) is 2.21. The number of carbonyl (C=O) groups is 1. The minimum atomic E-state index is -0.459. The molecule has 1 aliphatic carbocycles. The molecule has 0 aliphatic heterocycles. The molecule has 1 N–H and O–H groups in total. The standard InChI is InChI=1S/C11H12N2O3S/c1-17-10-5-2-7(6-9(10)13(15)16)11(14)12-8-3-4-8/h2,5-6,8H,3-4H2,1H3,(H,12,14). The molecule has 5 nitrogen and oxygen atoms in total. The van der Waals surface area contributed by atoms with Gasteiger partial charge in [0.15, 0.2) is 0 Å². The zero-order valence-electron chi connectivity index (χ0n) is 9.30. The van der Waals surface area contributed by atoms with E-state index in [2.05, 4.69) is 5.32 Å². The number of nitro benzene ring substituents is 1. The molecule has 1 aromatic rings. The van der Waals surface area contributed by atoms with Crippen LogP contribution in [0.15, 0.2) is 23.1 Å². The first-order valence-electron chi connectivity index (χ1n) is 5.25. The number of thioether (sulfide) groups is 1. The fourth-order valence-corrected chi connectivity index (χ4v) is 2.02. The van der Waals surface area contributed by atoms with Gasteiger partial charge in [0, 0.05) is 17.7 Å². The fourth-order valence-electron chi connectivity index (χ4n) is 1.47. The van der Waals surface area contributed by atoms with Crippen molar-refractivity contribution in [1.82, 2.24) is 5.32 Å². The Kier molecular flexibility index (Phi) is 3.33. The van der Waals surface area contributed by atoms with Gasteiger partial charge in [-0.2, -0.15) is 0 Å². The Morgan fingerprint density at radius 3 is 2.76 bits per heavy atom. The molecule has 6 heteroatoms. The van der Waals surface area contributed by atoms with Gasteiger partial charge in [-0.15, -0.1) is 11.8 Å². The molecule has 0 aromatic heterocycles. The normalized spacial score (nSPS) is 14.4. The Labute approximate surface area is 103 Å². The van der Waals surface area contributed by atoms with Crippen LogP contribution in [-0.4, -0.2) is 23.1 Å². The number of amides is 1. The summed E-state index contributed by atoms with van der Waals surface area (Å²) in [5, 5.41) is 13.7. The summed E-state index contributed by atoms with van der Waals surface area (Å²) in [5.41, 5.74) is 0.336. The van der Waals surface area contributed by atoms with E-state index in [1.807, 2.05) is 0 Å². The Hall–Kier alpha value is -1.56. The number of nitro groups is 1. The van der Waals surface area contributed by atoms with Crippen LogP contribution in [0.2, 0.25) is 0 Å². The molecule has 1 amide bonds. The molecule has 0 atom stereocenters. The summed E-state index contributed by atoms with van der Waals surface area (Å²) in [6, 6.07) is 4.83.